The molecule has 0 aromatic carbocycles. The van der Waals surface area contributed by atoms with Crippen molar-refractivity contribution in [1.29, 1.82) is 0 Å². The van der Waals surface area contributed by atoms with Crippen molar-refractivity contribution >= 4 is 5.91 Å². The number of hydrogen-bond acceptors (Lipinski definition) is 2. The number of rotatable bonds is 2. The van der Waals surface area contributed by atoms with Crippen LogP contribution in [0.25, 0.3) is 0 Å². The maximum Gasteiger partial charge on any atom is 0.226 e. The van der Waals surface area contributed by atoms with Crippen LogP contribution in [0.3, 0.4) is 0 Å². The van der Waals surface area contributed by atoms with Crippen molar-refractivity contribution in [3.05, 3.63) is 0 Å². The Morgan fingerprint density at radius 1 is 1.50 bits per heavy atom. The highest BCUT2D eigenvalue weighted by Crippen LogP contribution is 2.32. The van der Waals surface area contributed by atoms with Gasteiger partial charge in [-0.25, -0.2) is 0 Å². The van der Waals surface area contributed by atoms with Crippen LogP contribution in [0.4, 0.5) is 0 Å². The van der Waals surface area contributed by atoms with E-state index in [1.54, 1.807) is 7.05 Å². The Labute approximate surface area is 73.9 Å². The second-order valence-corrected chi connectivity index (χ2v) is 3.46. The minimum Gasteiger partial charge on any atom is -0.359 e. The van der Waals surface area contributed by atoms with E-state index in [1.165, 1.54) is 0 Å². The maximum atomic E-state index is 11.6. The van der Waals surface area contributed by atoms with Crippen molar-refractivity contribution in [2.24, 2.45) is 5.41 Å². The smallest absolute Gasteiger partial charge is 0.226 e. The van der Waals surface area contributed by atoms with Crippen LogP contribution >= 0.6 is 0 Å². The Balaban J connectivity index is 2.66. The van der Waals surface area contributed by atoms with Gasteiger partial charge in [-0.15, -0.1) is 0 Å². The molecular formula is C9H18N2O. The standard InChI is InChI=1S/C9H18N2O/c1-3-9(8(12)10-2)4-6-11-7-5-9/h11H,3-7H2,1-2H3,(H,10,12). The van der Waals surface area contributed by atoms with Crippen LogP contribution in [0.5, 0.6) is 0 Å². The van der Waals surface area contributed by atoms with Gasteiger partial charge < -0.3 is 10.6 Å². The fourth-order valence-electron chi connectivity index (χ4n) is 1.91. The lowest BCUT2D eigenvalue weighted by molar-refractivity contribution is -0.132. The van der Waals surface area contributed by atoms with Gasteiger partial charge in [0.25, 0.3) is 0 Å². The quantitative estimate of drug-likeness (QED) is 0.634. The Morgan fingerprint density at radius 2 is 2.08 bits per heavy atom. The molecule has 3 heteroatoms. The first-order valence-electron chi connectivity index (χ1n) is 4.68. The Kier molecular flexibility index (Phi) is 3.09. The summed E-state index contributed by atoms with van der Waals surface area (Å²) in [5.41, 5.74) is -0.0833. The van der Waals surface area contributed by atoms with E-state index in [2.05, 4.69) is 17.6 Å². The third kappa shape index (κ3) is 1.61. The number of carbonyl (C=O) groups is 1. The van der Waals surface area contributed by atoms with E-state index in [0.717, 1.165) is 32.4 Å². The average Bonchev–Trinajstić information content (AvgIpc) is 2.17. The summed E-state index contributed by atoms with van der Waals surface area (Å²) in [6.45, 7) is 4.04. The van der Waals surface area contributed by atoms with Crippen LogP contribution in [0.2, 0.25) is 0 Å². The molecule has 12 heavy (non-hydrogen) atoms. The molecule has 0 aromatic heterocycles. The van der Waals surface area contributed by atoms with Crippen molar-refractivity contribution < 1.29 is 4.79 Å². The van der Waals surface area contributed by atoms with Gasteiger partial charge in [-0.1, -0.05) is 6.92 Å². The zero-order valence-corrected chi connectivity index (χ0v) is 7.94. The predicted molar refractivity (Wildman–Crippen MR) is 48.9 cm³/mol. The SMILES string of the molecule is CCC1(C(=O)NC)CCNCC1. The number of piperidine rings is 1. The first-order valence-corrected chi connectivity index (χ1v) is 4.68. The molecule has 1 fully saturated rings. The molecule has 2 N–H and O–H groups in total. The molecule has 1 rings (SSSR count). The van der Waals surface area contributed by atoms with E-state index >= 15 is 0 Å². The molecule has 0 aromatic rings. The van der Waals surface area contributed by atoms with Crippen LogP contribution in [0.1, 0.15) is 26.2 Å². The van der Waals surface area contributed by atoms with E-state index in [1.807, 2.05) is 0 Å². The Bertz CT molecular complexity index is 162. The van der Waals surface area contributed by atoms with Crippen LogP contribution < -0.4 is 10.6 Å². The number of amides is 1. The monoisotopic (exact) mass is 170 g/mol. The van der Waals surface area contributed by atoms with E-state index < -0.39 is 0 Å². The molecule has 0 spiro atoms. The summed E-state index contributed by atoms with van der Waals surface area (Å²) < 4.78 is 0. The van der Waals surface area contributed by atoms with E-state index in [4.69, 9.17) is 0 Å². The molecule has 70 valence electrons. The fourth-order valence-corrected chi connectivity index (χ4v) is 1.91. The molecule has 0 atom stereocenters. The minimum absolute atomic E-state index is 0.0833. The molecule has 1 heterocycles. The highest BCUT2D eigenvalue weighted by Gasteiger charge is 2.36. The van der Waals surface area contributed by atoms with E-state index in [0.29, 0.717) is 0 Å². The molecule has 0 unspecified atom stereocenters. The molecule has 1 amide bonds. The Morgan fingerprint density at radius 3 is 2.50 bits per heavy atom. The summed E-state index contributed by atoms with van der Waals surface area (Å²) in [5, 5.41) is 6.03. The van der Waals surface area contributed by atoms with Gasteiger partial charge in [-0.2, -0.15) is 0 Å². The summed E-state index contributed by atoms with van der Waals surface area (Å²) in [7, 11) is 1.72. The second-order valence-electron chi connectivity index (χ2n) is 3.46. The van der Waals surface area contributed by atoms with Crippen LogP contribution in [-0.4, -0.2) is 26.0 Å². The molecule has 1 aliphatic heterocycles. The lowest BCUT2D eigenvalue weighted by Crippen LogP contribution is -2.46. The topological polar surface area (TPSA) is 41.1 Å². The van der Waals surface area contributed by atoms with Gasteiger partial charge in [0.1, 0.15) is 0 Å². The third-order valence-electron chi connectivity index (χ3n) is 2.95. The number of nitrogens with one attached hydrogen (secondary N) is 2. The average molecular weight is 170 g/mol. The Hall–Kier alpha value is -0.570. The molecule has 3 nitrogen and oxygen atoms in total. The molecule has 0 bridgehead atoms. The normalized spacial score (nSPS) is 21.8. The lowest BCUT2D eigenvalue weighted by atomic mass is 9.76. The lowest BCUT2D eigenvalue weighted by Gasteiger charge is -2.34. The fraction of sp³-hybridized carbons (Fsp3) is 0.889. The van der Waals surface area contributed by atoms with Gasteiger partial charge in [0.15, 0.2) is 0 Å². The van der Waals surface area contributed by atoms with E-state index in [9.17, 15) is 4.79 Å². The predicted octanol–water partition coefficient (Wildman–Crippen LogP) is 0.512. The van der Waals surface area contributed by atoms with Gasteiger partial charge in [0.05, 0.1) is 5.41 Å². The van der Waals surface area contributed by atoms with Crippen molar-refractivity contribution in [2.75, 3.05) is 20.1 Å². The summed E-state index contributed by atoms with van der Waals surface area (Å²) in [4.78, 5) is 11.6. The zero-order chi connectivity index (χ0) is 9.03. The molecule has 1 aliphatic rings. The largest absolute Gasteiger partial charge is 0.359 e. The van der Waals surface area contributed by atoms with Gasteiger partial charge in [0.2, 0.25) is 5.91 Å². The summed E-state index contributed by atoms with van der Waals surface area (Å²) in [6.07, 6.45) is 2.90. The van der Waals surface area contributed by atoms with Crippen molar-refractivity contribution in [3.63, 3.8) is 0 Å². The second kappa shape index (κ2) is 3.90. The first-order chi connectivity index (χ1) is 5.75. The molecule has 0 radical (unpaired) electrons. The van der Waals surface area contributed by atoms with Crippen molar-refractivity contribution in [3.8, 4) is 0 Å². The zero-order valence-electron chi connectivity index (χ0n) is 7.94. The minimum atomic E-state index is -0.0833. The molecule has 1 saturated heterocycles. The first kappa shape index (κ1) is 9.52. The van der Waals surface area contributed by atoms with Gasteiger partial charge in [-0.05, 0) is 32.4 Å². The van der Waals surface area contributed by atoms with Gasteiger partial charge in [-0.3, -0.25) is 4.79 Å². The number of carbonyl (C=O) groups excluding carboxylic acids is 1. The highest BCUT2D eigenvalue weighted by molar-refractivity contribution is 5.82. The maximum absolute atomic E-state index is 11.6. The summed E-state index contributed by atoms with van der Waals surface area (Å²) >= 11 is 0. The van der Waals surface area contributed by atoms with E-state index in [-0.39, 0.29) is 11.3 Å². The van der Waals surface area contributed by atoms with Gasteiger partial charge >= 0.3 is 0 Å². The van der Waals surface area contributed by atoms with Gasteiger partial charge in [0, 0.05) is 7.05 Å². The summed E-state index contributed by atoms with van der Waals surface area (Å²) in [6, 6.07) is 0. The van der Waals surface area contributed by atoms with Crippen LogP contribution in [-0.2, 0) is 4.79 Å². The molecule has 0 aliphatic carbocycles. The van der Waals surface area contributed by atoms with Crippen molar-refractivity contribution in [2.45, 2.75) is 26.2 Å². The molecule has 0 saturated carbocycles. The van der Waals surface area contributed by atoms with Crippen LogP contribution in [0, 0.1) is 5.41 Å². The number of hydrogen-bond donors (Lipinski definition) is 2. The molecular weight excluding hydrogens is 152 g/mol. The third-order valence-corrected chi connectivity index (χ3v) is 2.95. The highest BCUT2D eigenvalue weighted by atomic mass is 16.2. The summed E-state index contributed by atoms with van der Waals surface area (Å²) in [5.74, 6) is 0.214. The van der Waals surface area contributed by atoms with Crippen LogP contribution in [0.15, 0.2) is 0 Å². The van der Waals surface area contributed by atoms with Crippen molar-refractivity contribution in [1.82, 2.24) is 10.6 Å².